The first kappa shape index (κ1) is 20.0. The normalized spacial score (nSPS) is 14.3. The summed E-state index contributed by atoms with van der Waals surface area (Å²) in [4.78, 5) is 22.0. The standard InChI is InChI=1S/C20H18F2N8O2/c1-28-10-15(8-24-28)26-20-23-6-13-7-25-30(19(13)27-20)9-12-4-14(21)5-16(18(12)22)29-2-3-32-11-17(29)31/h4-8,10H,2-3,9,11H2,1H3,(H,23,26,27). The van der Waals surface area contributed by atoms with E-state index in [0.717, 1.165) is 12.1 Å². The number of anilines is 3. The third kappa shape index (κ3) is 3.75. The number of carbonyl (C=O) groups is 1. The van der Waals surface area contributed by atoms with Crippen molar-refractivity contribution < 1.29 is 18.3 Å². The van der Waals surface area contributed by atoms with Crippen LogP contribution < -0.4 is 10.2 Å². The molecule has 12 heteroatoms. The molecule has 0 unspecified atom stereocenters. The lowest BCUT2D eigenvalue weighted by Crippen LogP contribution is -2.42. The summed E-state index contributed by atoms with van der Waals surface area (Å²) in [7, 11) is 1.79. The van der Waals surface area contributed by atoms with E-state index < -0.39 is 17.5 Å². The van der Waals surface area contributed by atoms with Crippen molar-refractivity contribution in [1.82, 2.24) is 29.5 Å². The van der Waals surface area contributed by atoms with Crippen LogP contribution in [-0.4, -0.2) is 55.2 Å². The highest BCUT2D eigenvalue weighted by molar-refractivity contribution is 5.95. The summed E-state index contributed by atoms with van der Waals surface area (Å²) in [6.45, 7) is 0.158. The lowest BCUT2D eigenvalue weighted by Gasteiger charge is -2.27. The maximum atomic E-state index is 15.3. The van der Waals surface area contributed by atoms with E-state index in [-0.39, 0.29) is 37.6 Å². The van der Waals surface area contributed by atoms with E-state index in [0.29, 0.717) is 22.7 Å². The number of hydrogen-bond acceptors (Lipinski definition) is 7. The van der Waals surface area contributed by atoms with E-state index in [9.17, 15) is 9.18 Å². The van der Waals surface area contributed by atoms with Crippen molar-refractivity contribution in [3.8, 4) is 0 Å². The number of nitrogens with zero attached hydrogens (tertiary/aromatic N) is 7. The molecule has 0 radical (unpaired) electrons. The van der Waals surface area contributed by atoms with Crippen LogP contribution in [0, 0.1) is 11.6 Å². The van der Waals surface area contributed by atoms with E-state index in [1.165, 1.54) is 9.58 Å². The van der Waals surface area contributed by atoms with Gasteiger partial charge >= 0.3 is 0 Å². The van der Waals surface area contributed by atoms with E-state index >= 15 is 4.39 Å². The number of carbonyl (C=O) groups excluding carboxylic acids is 1. The van der Waals surface area contributed by atoms with E-state index in [1.54, 1.807) is 36.5 Å². The fourth-order valence-electron chi connectivity index (χ4n) is 3.53. The van der Waals surface area contributed by atoms with Gasteiger partial charge in [0.25, 0.3) is 5.91 Å². The van der Waals surface area contributed by atoms with Crippen molar-refractivity contribution in [2.75, 3.05) is 30.0 Å². The average Bonchev–Trinajstić information content (AvgIpc) is 3.36. The second kappa shape index (κ2) is 7.96. The first-order valence-electron chi connectivity index (χ1n) is 9.78. The van der Waals surface area contributed by atoms with Gasteiger partial charge in [-0.2, -0.15) is 15.2 Å². The van der Waals surface area contributed by atoms with E-state index in [4.69, 9.17) is 4.74 Å². The van der Waals surface area contributed by atoms with Gasteiger partial charge in [-0.1, -0.05) is 0 Å². The van der Waals surface area contributed by atoms with Crippen LogP contribution in [0.4, 0.5) is 26.1 Å². The summed E-state index contributed by atoms with van der Waals surface area (Å²) in [5, 5.41) is 12.0. The average molecular weight is 440 g/mol. The first-order chi connectivity index (χ1) is 15.5. The Balaban J connectivity index is 1.47. The minimum Gasteiger partial charge on any atom is -0.370 e. The van der Waals surface area contributed by atoms with Crippen LogP contribution in [0.15, 0.2) is 36.9 Å². The molecule has 164 valence electrons. The Bertz CT molecular complexity index is 1320. The molecule has 1 N–H and O–H groups in total. The summed E-state index contributed by atoms with van der Waals surface area (Å²) in [5.74, 6) is -1.45. The molecule has 1 amide bonds. The molecule has 3 aromatic heterocycles. The van der Waals surface area contributed by atoms with Crippen molar-refractivity contribution in [2.45, 2.75) is 6.54 Å². The number of morpholine rings is 1. The van der Waals surface area contributed by atoms with E-state index in [1.807, 2.05) is 0 Å². The van der Waals surface area contributed by atoms with Crippen LogP contribution in [0.5, 0.6) is 0 Å². The third-order valence-electron chi connectivity index (χ3n) is 5.03. The van der Waals surface area contributed by atoms with Gasteiger partial charge in [0.1, 0.15) is 12.4 Å². The molecule has 10 nitrogen and oxygen atoms in total. The molecule has 5 rings (SSSR count). The molecule has 1 saturated heterocycles. The van der Waals surface area contributed by atoms with Crippen molar-refractivity contribution in [3.05, 3.63) is 54.1 Å². The topological polar surface area (TPSA) is 103 Å². The highest BCUT2D eigenvalue weighted by Gasteiger charge is 2.25. The molecule has 0 atom stereocenters. The summed E-state index contributed by atoms with van der Waals surface area (Å²) in [6, 6.07) is 2.11. The molecule has 1 aliphatic heterocycles. The number of rotatable bonds is 5. The molecule has 0 aliphatic carbocycles. The lowest BCUT2D eigenvalue weighted by atomic mass is 10.1. The van der Waals surface area contributed by atoms with Crippen LogP contribution in [-0.2, 0) is 23.1 Å². The molecular weight excluding hydrogens is 422 g/mol. The zero-order valence-corrected chi connectivity index (χ0v) is 17.0. The Hall–Kier alpha value is -3.93. The molecule has 32 heavy (non-hydrogen) atoms. The number of ether oxygens (including phenoxy) is 1. The molecule has 1 aromatic carbocycles. The SMILES string of the molecule is Cn1cc(Nc2ncc3cnn(Cc4cc(F)cc(N5CCOCC5=O)c4F)c3n2)cn1. The van der Waals surface area contributed by atoms with Crippen LogP contribution in [0.25, 0.3) is 11.0 Å². The Kier molecular flexibility index (Phi) is 4.98. The zero-order valence-electron chi connectivity index (χ0n) is 17.0. The molecule has 1 fully saturated rings. The van der Waals surface area contributed by atoms with Gasteiger partial charge < -0.3 is 15.0 Å². The molecule has 4 heterocycles. The number of benzene rings is 1. The number of aryl methyl sites for hydroxylation is 1. The van der Waals surface area contributed by atoms with Crippen LogP contribution in [0.3, 0.4) is 0 Å². The summed E-state index contributed by atoms with van der Waals surface area (Å²) < 4.78 is 37.8. The minimum atomic E-state index is -0.687. The van der Waals surface area contributed by atoms with Gasteiger partial charge in [-0.3, -0.25) is 9.48 Å². The summed E-state index contributed by atoms with van der Waals surface area (Å²) in [6.07, 6.45) is 6.53. The van der Waals surface area contributed by atoms with Gasteiger partial charge in [-0.05, 0) is 6.07 Å². The molecule has 1 aliphatic rings. The van der Waals surface area contributed by atoms with Gasteiger partial charge in [0.05, 0.1) is 42.3 Å². The zero-order chi connectivity index (χ0) is 22.2. The summed E-state index contributed by atoms with van der Waals surface area (Å²) >= 11 is 0. The van der Waals surface area contributed by atoms with Gasteiger partial charge in [0.2, 0.25) is 5.95 Å². The predicted molar refractivity (Wildman–Crippen MR) is 110 cm³/mol. The monoisotopic (exact) mass is 440 g/mol. The number of hydrogen-bond donors (Lipinski definition) is 1. The Labute approximate surface area is 180 Å². The van der Waals surface area contributed by atoms with Crippen LogP contribution in [0.1, 0.15) is 5.56 Å². The number of aromatic nitrogens is 6. The maximum Gasteiger partial charge on any atom is 0.253 e. The molecule has 0 spiro atoms. The second-order valence-corrected chi connectivity index (χ2v) is 7.30. The third-order valence-corrected chi connectivity index (χ3v) is 5.03. The predicted octanol–water partition coefficient (Wildman–Crippen LogP) is 1.99. The number of fused-ring (bicyclic) bond motifs is 1. The fourth-order valence-corrected chi connectivity index (χ4v) is 3.53. The highest BCUT2D eigenvalue weighted by Crippen LogP contribution is 2.27. The highest BCUT2D eigenvalue weighted by atomic mass is 19.1. The minimum absolute atomic E-state index is 0.0460. The van der Waals surface area contributed by atoms with Crippen molar-refractivity contribution in [2.24, 2.45) is 7.05 Å². The molecule has 4 aromatic rings. The maximum absolute atomic E-state index is 15.3. The first-order valence-corrected chi connectivity index (χ1v) is 9.78. The smallest absolute Gasteiger partial charge is 0.253 e. The van der Waals surface area contributed by atoms with Crippen molar-refractivity contribution >= 4 is 34.3 Å². The van der Waals surface area contributed by atoms with Gasteiger partial charge in [0, 0.05) is 37.6 Å². The van der Waals surface area contributed by atoms with E-state index in [2.05, 4.69) is 25.5 Å². The summed E-state index contributed by atoms with van der Waals surface area (Å²) in [5.41, 5.74) is 1.08. The Morgan fingerprint density at radius 3 is 2.84 bits per heavy atom. The Morgan fingerprint density at radius 2 is 2.06 bits per heavy atom. The number of halogens is 2. The number of nitrogens with one attached hydrogen (secondary N) is 1. The quantitative estimate of drug-likeness (QED) is 0.506. The van der Waals surface area contributed by atoms with Crippen LogP contribution >= 0.6 is 0 Å². The van der Waals surface area contributed by atoms with Crippen molar-refractivity contribution in [3.63, 3.8) is 0 Å². The second-order valence-electron chi connectivity index (χ2n) is 7.30. The van der Waals surface area contributed by atoms with Gasteiger partial charge in [0.15, 0.2) is 11.5 Å². The Morgan fingerprint density at radius 1 is 1.19 bits per heavy atom. The molecule has 0 saturated carbocycles. The molecular formula is C20H18F2N8O2. The number of amides is 1. The van der Waals surface area contributed by atoms with Crippen LogP contribution in [0.2, 0.25) is 0 Å². The fraction of sp³-hybridized carbons (Fsp3) is 0.250. The van der Waals surface area contributed by atoms with Gasteiger partial charge in [-0.15, -0.1) is 0 Å². The lowest BCUT2D eigenvalue weighted by molar-refractivity contribution is -0.125. The largest absolute Gasteiger partial charge is 0.370 e. The van der Waals surface area contributed by atoms with Gasteiger partial charge in [-0.25, -0.2) is 18.4 Å². The van der Waals surface area contributed by atoms with Crippen molar-refractivity contribution in [1.29, 1.82) is 0 Å². The molecule has 0 bridgehead atoms.